The highest BCUT2D eigenvalue weighted by molar-refractivity contribution is 7.89. The summed E-state index contributed by atoms with van der Waals surface area (Å²) in [5.41, 5.74) is 1.45. The van der Waals surface area contributed by atoms with Crippen LogP contribution in [0, 0.1) is 0 Å². The van der Waals surface area contributed by atoms with Crippen LogP contribution < -0.4 is 25.2 Å². The second-order valence-electron chi connectivity index (χ2n) is 8.30. The van der Waals surface area contributed by atoms with Crippen LogP contribution in [0.1, 0.15) is 31.9 Å². The molecule has 2 aromatic rings. The first-order valence-corrected chi connectivity index (χ1v) is 11.9. The number of amides is 1. The maximum absolute atomic E-state index is 12.0. The number of hydrogen-bond donors (Lipinski definition) is 3. The van der Waals surface area contributed by atoms with E-state index in [1.54, 1.807) is 24.3 Å². The summed E-state index contributed by atoms with van der Waals surface area (Å²) < 4.78 is 33.6. The highest BCUT2D eigenvalue weighted by Crippen LogP contribution is 2.33. The lowest BCUT2D eigenvalue weighted by Gasteiger charge is -2.21. The third kappa shape index (κ3) is 8.31. The van der Waals surface area contributed by atoms with Gasteiger partial charge in [0, 0.05) is 23.2 Å². The number of hydrogen-bond acceptors (Lipinski definition) is 6. The SMILES string of the molecule is COc1cc(CNCCc2ccc(S(N)(=O)=O)cc2)c(Cl)cc1OCC(=O)NC(C)(C)C. The summed E-state index contributed by atoms with van der Waals surface area (Å²) in [6.45, 7) is 6.68. The molecule has 0 aliphatic rings. The fourth-order valence-electron chi connectivity index (χ4n) is 2.88. The van der Waals surface area contributed by atoms with Gasteiger partial charge in [-0.3, -0.25) is 4.79 Å². The lowest BCUT2D eigenvalue weighted by Crippen LogP contribution is -2.43. The summed E-state index contributed by atoms with van der Waals surface area (Å²) in [5.74, 6) is 0.632. The minimum absolute atomic E-state index is 0.0892. The van der Waals surface area contributed by atoms with E-state index in [0.717, 1.165) is 11.1 Å². The van der Waals surface area contributed by atoms with E-state index < -0.39 is 10.0 Å². The van der Waals surface area contributed by atoms with E-state index in [0.29, 0.717) is 36.0 Å². The number of nitrogens with two attached hydrogens (primary N) is 1. The molecule has 0 fully saturated rings. The molecule has 176 valence electrons. The Hall–Kier alpha value is -2.33. The zero-order valence-electron chi connectivity index (χ0n) is 18.7. The normalized spacial score (nSPS) is 11.8. The van der Waals surface area contributed by atoms with Crippen molar-refractivity contribution >= 4 is 27.5 Å². The van der Waals surface area contributed by atoms with Gasteiger partial charge < -0.3 is 20.1 Å². The fourth-order valence-corrected chi connectivity index (χ4v) is 3.62. The summed E-state index contributed by atoms with van der Waals surface area (Å²) in [6.07, 6.45) is 0.698. The number of sulfonamides is 1. The van der Waals surface area contributed by atoms with Crippen molar-refractivity contribution in [1.82, 2.24) is 10.6 Å². The van der Waals surface area contributed by atoms with E-state index in [9.17, 15) is 13.2 Å². The van der Waals surface area contributed by atoms with E-state index in [1.807, 2.05) is 20.8 Å². The molecule has 0 radical (unpaired) electrons. The molecule has 32 heavy (non-hydrogen) atoms. The summed E-state index contributed by atoms with van der Waals surface area (Å²) in [6, 6.07) is 9.86. The molecule has 8 nitrogen and oxygen atoms in total. The van der Waals surface area contributed by atoms with Gasteiger partial charge in [-0.2, -0.15) is 0 Å². The molecule has 0 saturated heterocycles. The molecule has 0 spiro atoms. The number of nitrogens with one attached hydrogen (secondary N) is 2. The Morgan fingerprint density at radius 3 is 2.34 bits per heavy atom. The van der Waals surface area contributed by atoms with Crippen molar-refractivity contribution in [3.63, 3.8) is 0 Å². The van der Waals surface area contributed by atoms with Gasteiger partial charge in [-0.1, -0.05) is 23.7 Å². The predicted octanol–water partition coefficient (Wildman–Crippen LogP) is 2.62. The van der Waals surface area contributed by atoms with E-state index in [4.69, 9.17) is 26.2 Å². The molecule has 0 bridgehead atoms. The molecule has 2 rings (SSSR count). The minimum atomic E-state index is -3.69. The number of halogens is 1. The zero-order valence-corrected chi connectivity index (χ0v) is 20.3. The van der Waals surface area contributed by atoms with Crippen molar-refractivity contribution in [3.05, 3.63) is 52.5 Å². The van der Waals surface area contributed by atoms with Gasteiger partial charge in [-0.15, -0.1) is 0 Å². The molecule has 0 aliphatic carbocycles. The van der Waals surface area contributed by atoms with E-state index in [1.165, 1.54) is 19.2 Å². The molecule has 0 atom stereocenters. The monoisotopic (exact) mass is 483 g/mol. The largest absolute Gasteiger partial charge is 0.493 e. The van der Waals surface area contributed by atoms with Gasteiger partial charge in [0.1, 0.15) is 0 Å². The smallest absolute Gasteiger partial charge is 0.258 e. The van der Waals surface area contributed by atoms with Gasteiger partial charge in [-0.25, -0.2) is 13.6 Å². The third-order valence-electron chi connectivity index (χ3n) is 4.36. The molecule has 4 N–H and O–H groups in total. The molecule has 10 heteroatoms. The van der Waals surface area contributed by atoms with Crippen LogP contribution in [0.15, 0.2) is 41.3 Å². The number of primary sulfonamides is 1. The average molecular weight is 484 g/mol. The number of carbonyl (C=O) groups is 1. The van der Waals surface area contributed by atoms with E-state index in [-0.39, 0.29) is 22.9 Å². The maximum atomic E-state index is 12.0. The van der Waals surface area contributed by atoms with Gasteiger partial charge in [0.05, 0.1) is 12.0 Å². The molecular formula is C22H30ClN3O5S. The van der Waals surface area contributed by atoms with Gasteiger partial charge in [0.15, 0.2) is 18.1 Å². The van der Waals surface area contributed by atoms with Crippen molar-refractivity contribution < 1.29 is 22.7 Å². The molecular weight excluding hydrogens is 454 g/mol. The molecule has 0 aromatic heterocycles. The molecule has 0 heterocycles. The Bertz CT molecular complexity index is 1030. The molecule has 0 aliphatic heterocycles. The average Bonchev–Trinajstić information content (AvgIpc) is 2.69. The Balaban J connectivity index is 1.91. The van der Waals surface area contributed by atoms with Crippen LogP contribution in [0.2, 0.25) is 5.02 Å². The van der Waals surface area contributed by atoms with Crippen LogP contribution in [0.3, 0.4) is 0 Å². The van der Waals surface area contributed by atoms with Crippen LogP contribution in [0.4, 0.5) is 0 Å². The lowest BCUT2D eigenvalue weighted by atomic mass is 10.1. The van der Waals surface area contributed by atoms with Crippen molar-refractivity contribution in [2.24, 2.45) is 5.14 Å². The molecule has 0 saturated carbocycles. The molecule has 2 aromatic carbocycles. The maximum Gasteiger partial charge on any atom is 0.258 e. The Labute approximate surface area is 194 Å². The van der Waals surface area contributed by atoms with Crippen molar-refractivity contribution in [3.8, 4) is 11.5 Å². The number of carbonyl (C=O) groups excluding carboxylic acids is 1. The van der Waals surface area contributed by atoms with Crippen LogP contribution in [0.25, 0.3) is 0 Å². The summed E-state index contributed by atoms with van der Waals surface area (Å²) >= 11 is 6.39. The topological polar surface area (TPSA) is 120 Å². The fraction of sp³-hybridized carbons (Fsp3) is 0.409. The van der Waals surface area contributed by atoms with Crippen molar-refractivity contribution in [2.75, 3.05) is 20.3 Å². The number of methoxy groups -OCH3 is 1. The Kier molecular flexibility index (Phi) is 8.91. The van der Waals surface area contributed by atoms with Gasteiger partial charge in [-0.05, 0) is 63.1 Å². The van der Waals surface area contributed by atoms with Crippen LogP contribution >= 0.6 is 11.6 Å². The predicted molar refractivity (Wildman–Crippen MR) is 125 cm³/mol. The number of rotatable bonds is 10. The first kappa shape index (κ1) is 25.9. The Morgan fingerprint density at radius 1 is 1.12 bits per heavy atom. The number of benzene rings is 2. The second kappa shape index (κ2) is 11.0. The summed E-state index contributed by atoms with van der Waals surface area (Å²) in [5, 5.41) is 11.7. The second-order valence-corrected chi connectivity index (χ2v) is 10.3. The first-order chi connectivity index (χ1) is 14.9. The van der Waals surface area contributed by atoms with Gasteiger partial charge in [0.25, 0.3) is 5.91 Å². The summed E-state index contributed by atoms with van der Waals surface area (Å²) in [7, 11) is -2.17. The quantitative estimate of drug-likeness (QED) is 0.447. The zero-order chi connectivity index (χ0) is 23.9. The number of ether oxygens (including phenoxy) is 2. The molecule has 1 amide bonds. The first-order valence-electron chi connectivity index (χ1n) is 10.0. The van der Waals surface area contributed by atoms with Crippen molar-refractivity contribution in [1.29, 1.82) is 0 Å². The van der Waals surface area contributed by atoms with Crippen LogP contribution in [0.5, 0.6) is 11.5 Å². The lowest BCUT2D eigenvalue weighted by molar-refractivity contribution is -0.124. The van der Waals surface area contributed by atoms with E-state index in [2.05, 4.69) is 10.6 Å². The minimum Gasteiger partial charge on any atom is -0.493 e. The van der Waals surface area contributed by atoms with Crippen LogP contribution in [-0.2, 0) is 27.8 Å². The van der Waals surface area contributed by atoms with Gasteiger partial charge in [0.2, 0.25) is 10.0 Å². The van der Waals surface area contributed by atoms with Gasteiger partial charge >= 0.3 is 0 Å². The summed E-state index contributed by atoms with van der Waals surface area (Å²) in [4.78, 5) is 12.1. The third-order valence-corrected chi connectivity index (χ3v) is 5.64. The van der Waals surface area contributed by atoms with E-state index >= 15 is 0 Å². The molecule has 0 unspecified atom stereocenters. The van der Waals surface area contributed by atoms with Crippen molar-refractivity contribution in [2.45, 2.75) is 44.2 Å². The highest BCUT2D eigenvalue weighted by atomic mass is 35.5. The van der Waals surface area contributed by atoms with Crippen LogP contribution in [-0.4, -0.2) is 40.1 Å². The standard InChI is InChI=1S/C22H30ClN3O5S/c1-22(2,3)26-21(27)14-31-20-12-18(23)16(11-19(20)30-4)13-25-10-9-15-5-7-17(8-6-15)32(24,28)29/h5-8,11-12,25H,9-10,13-14H2,1-4H3,(H,26,27)(H2,24,28,29). The Morgan fingerprint density at radius 2 is 1.78 bits per heavy atom. The highest BCUT2D eigenvalue weighted by Gasteiger charge is 2.16.